The van der Waals surface area contributed by atoms with Crippen LogP contribution >= 0.6 is 23.6 Å². The third-order valence-corrected chi connectivity index (χ3v) is 5.71. The number of carbonyl (C=O) groups is 1. The average molecular weight is 390 g/mol. The lowest BCUT2D eigenvalue weighted by molar-refractivity contribution is 0.0948. The average Bonchev–Trinajstić information content (AvgIpc) is 3.05. The second-order valence-electron chi connectivity index (χ2n) is 6.40. The quantitative estimate of drug-likeness (QED) is 0.547. The molecule has 1 amide bonds. The predicted molar refractivity (Wildman–Crippen MR) is 110 cm³/mol. The van der Waals surface area contributed by atoms with Crippen molar-refractivity contribution in [2.45, 2.75) is 33.1 Å². The Labute approximate surface area is 163 Å². The zero-order valence-electron chi connectivity index (χ0n) is 14.9. The number of nitrogens with one attached hydrogen (secondary N) is 3. The van der Waals surface area contributed by atoms with Gasteiger partial charge in [-0.2, -0.15) is 0 Å². The van der Waals surface area contributed by atoms with Gasteiger partial charge in [-0.05, 0) is 80.2 Å². The first-order chi connectivity index (χ1) is 12.5. The van der Waals surface area contributed by atoms with Gasteiger partial charge < -0.3 is 10.1 Å². The molecule has 0 aliphatic heterocycles. The Balaban J connectivity index is 1.50. The van der Waals surface area contributed by atoms with Crippen LogP contribution in [0.3, 0.4) is 0 Å². The molecule has 1 aliphatic rings. The van der Waals surface area contributed by atoms with E-state index in [1.54, 1.807) is 11.3 Å². The molecule has 5 nitrogen and oxygen atoms in total. The maximum Gasteiger partial charge on any atom is 0.279 e. The van der Waals surface area contributed by atoms with E-state index in [0.29, 0.717) is 17.6 Å². The molecule has 1 aromatic carbocycles. The second-order valence-corrected chi connectivity index (χ2v) is 7.94. The van der Waals surface area contributed by atoms with Crippen molar-refractivity contribution in [3.05, 3.63) is 45.6 Å². The maximum absolute atomic E-state index is 12.4. The fourth-order valence-corrected chi connectivity index (χ4v) is 4.23. The van der Waals surface area contributed by atoms with Gasteiger partial charge in [-0.3, -0.25) is 15.6 Å². The number of hydrogen-bond acceptors (Lipinski definition) is 4. The minimum atomic E-state index is -0.159. The molecule has 0 radical (unpaired) electrons. The number of ether oxygens (including phenoxy) is 1. The van der Waals surface area contributed by atoms with Crippen LogP contribution in [0.4, 0.5) is 5.69 Å². The highest BCUT2D eigenvalue weighted by Crippen LogP contribution is 2.32. The topological polar surface area (TPSA) is 62.4 Å². The Kier molecular flexibility index (Phi) is 6.11. The van der Waals surface area contributed by atoms with Crippen LogP contribution in [0.15, 0.2) is 30.3 Å². The molecule has 2 aromatic rings. The molecule has 138 valence electrons. The van der Waals surface area contributed by atoms with Crippen LogP contribution in [0.25, 0.3) is 0 Å². The van der Waals surface area contributed by atoms with Crippen molar-refractivity contribution in [1.82, 2.24) is 10.9 Å². The first-order valence-electron chi connectivity index (χ1n) is 8.77. The molecule has 1 aliphatic carbocycles. The summed E-state index contributed by atoms with van der Waals surface area (Å²) in [5.41, 5.74) is 7.55. The van der Waals surface area contributed by atoms with Crippen molar-refractivity contribution in [2.75, 3.05) is 11.9 Å². The molecule has 3 rings (SSSR count). The first kappa shape index (κ1) is 18.7. The number of thiophene rings is 1. The van der Waals surface area contributed by atoms with Gasteiger partial charge in [0.25, 0.3) is 5.91 Å². The summed E-state index contributed by atoms with van der Waals surface area (Å²) >= 11 is 6.80. The number of anilines is 1. The van der Waals surface area contributed by atoms with E-state index >= 15 is 0 Å². The third-order valence-electron chi connectivity index (χ3n) is 4.27. The monoisotopic (exact) mass is 389 g/mol. The Bertz CT molecular complexity index is 787. The highest BCUT2D eigenvalue weighted by atomic mass is 32.1. The van der Waals surface area contributed by atoms with Gasteiger partial charge in [0.2, 0.25) is 0 Å². The molecule has 26 heavy (non-hydrogen) atoms. The zero-order valence-corrected chi connectivity index (χ0v) is 16.6. The van der Waals surface area contributed by atoms with Crippen LogP contribution in [0.5, 0.6) is 5.75 Å². The molecule has 1 atom stereocenters. The molecule has 0 bridgehead atoms. The third kappa shape index (κ3) is 4.74. The summed E-state index contributed by atoms with van der Waals surface area (Å²) in [5, 5.41) is 3.36. The summed E-state index contributed by atoms with van der Waals surface area (Å²) < 4.78 is 5.40. The number of hydrogen-bond donors (Lipinski definition) is 3. The number of amides is 1. The van der Waals surface area contributed by atoms with E-state index in [-0.39, 0.29) is 5.91 Å². The summed E-state index contributed by atoms with van der Waals surface area (Å²) in [6.07, 6.45) is 3.33. The van der Waals surface area contributed by atoms with Crippen molar-refractivity contribution in [2.24, 2.45) is 5.92 Å². The summed E-state index contributed by atoms with van der Waals surface area (Å²) in [7, 11) is 0. The van der Waals surface area contributed by atoms with Crippen LogP contribution < -0.4 is 20.9 Å². The molecule has 1 unspecified atom stereocenters. The van der Waals surface area contributed by atoms with E-state index in [2.05, 4.69) is 23.1 Å². The fourth-order valence-electron chi connectivity index (χ4n) is 2.96. The molecule has 0 spiro atoms. The maximum atomic E-state index is 12.4. The van der Waals surface area contributed by atoms with E-state index in [9.17, 15) is 4.79 Å². The molecular weight excluding hydrogens is 366 g/mol. The van der Waals surface area contributed by atoms with Crippen LogP contribution in [-0.2, 0) is 12.8 Å². The lowest BCUT2D eigenvalue weighted by Crippen LogP contribution is -2.43. The standard InChI is InChI=1S/C19H23N3O2S2/c1-3-24-15-7-5-14(6-8-15)20-19(25)22-21-18(23)17-11-13-10-12(2)4-9-16(13)26-17/h5-8,11-12H,3-4,9-10H2,1-2H3,(H,21,23)(H2,20,22,25). The first-order valence-corrected chi connectivity index (χ1v) is 9.99. The normalized spacial score (nSPS) is 15.7. The number of aryl methyl sites for hydroxylation is 1. The largest absolute Gasteiger partial charge is 0.494 e. The van der Waals surface area contributed by atoms with Crippen molar-refractivity contribution in [3.8, 4) is 5.75 Å². The zero-order chi connectivity index (χ0) is 18.5. The predicted octanol–water partition coefficient (Wildman–Crippen LogP) is 3.90. The molecule has 0 fully saturated rings. The summed E-state index contributed by atoms with van der Waals surface area (Å²) in [4.78, 5) is 14.4. The number of hydrazine groups is 1. The highest BCUT2D eigenvalue weighted by Gasteiger charge is 2.20. The molecule has 1 aromatic heterocycles. The molecule has 0 saturated carbocycles. The number of carbonyl (C=O) groups excluding carboxylic acids is 1. The lowest BCUT2D eigenvalue weighted by atomic mass is 9.90. The van der Waals surface area contributed by atoms with E-state index in [1.165, 1.54) is 16.9 Å². The van der Waals surface area contributed by atoms with Crippen LogP contribution in [0.2, 0.25) is 0 Å². The van der Waals surface area contributed by atoms with E-state index in [4.69, 9.17) is 17.0 Å². The van der Waals surface area contributed by atoms with Crippen molar-refractivity contribution < 1.29 is 9.53 Å². The summed E-state index contributed by atoms with van der Waals surface area (Å²) in [6.45, 7) is 4.83. The van der Waals surface area contributed by atoms with Crippen molar-refractivity contribution in [3.63, 3.8) is 0 Å². The SMILES string of the molecule is CCOc1ccc(NC(=S)NNC(=O)c2cc3c(s2)CCC(C)C3)cc1. The Morgan fingerprint density at radius 1 is 1.31 bits per heavy atom. The van der Waals surface area contributed by atoms with Gasteiger partial charge in [0.15, 0.2) is 5.11 Å². The number of fused-ring (bicyclic) bond motifs is 1. The Morgan fingerprint density at radius 2 is 2.08 bits per heavy atom. The van der Waals surface area contributed by atoms with Crippen LogP contribution in [-0.4, -0.2) is 17.6 Å². The minimum Gasteiger partial charge on any atom is -0.494 e. The van der Waals surface area contributed by atoms with Gasteiger partial charge in [-0.1, -0.05) is 6.92 Å². The van der Waals surface area contributed by atoms with Gasteiger partial charge >= 0.3 is 0 Å². The van der Waals surface area contributed by atoms with Crippen molar-refractivity contribution in [1.29, 1.82) is 0 Å². The molecule has 0 saturated heterocycles. The second kappa shape index (κ2) is 8.51. The molecular formula is C19H23N3O2S2. The summed E-state index contributed by atoms with van der Waals surface area (Å²) in [6, 6.07) is 9.48. The molecule has 7 heteroatoms. The van der Waals surface area contributed by atoms with Gasteiger partial charge in [-0.25, -0.2) is 0 Å². The van der Waals surface area contributed by atoms with Gasteiger partial charge in [0.1, 0.15) is 5.75 Å². The van der Waals surface area contributed by atoms with E-state index in [0.717, 1.165) is 29.2 Å². The van der Waals surface area contributed by atoms with Gasteiger partial charge in [0, 0.05) is 10.6 Å². The van der Waals surface area contributed by atoms with Crippen LogP contribution in [0, 0.1) is 5.92 Å². The smallest absolute Gasteiger partial charge is 0.279 e. The fraction of sp³-hybridized carbons (Fsp3) is 0.368. The van der Waals surface area contributed by atoms with E-state index in [1.807, 2.05) is 37.3 Å². The van der Waals surface area contributed by atoms with Crippen molar-refractivity contribution >= 4 is 40.3 Å². The lowest BCUT2D eigenvalue weighted by Gasteiger charge is -2.16. The van der Waals surface area contributed by atoms with E-state index < -0.39 is 0 Å². The number of benzene rings is 1. The molecule has 3 N–H and O–H groups in total. The van der Waals surface area contributed by atoms with Crippen LogP contribution in [0.1, 0.15) is 40.4 Å². The highest BCUT2D eigenvalue weighted by molar-refractivity contribution is 7.80. The minimum absolute atomic E-state index is 0.159. The summed E-state index contributed by atoms with van der Waals surface area (Å²) in [5.74, 6) is 1.34. The number of rotatable bonds is 4. The number of thiocarbonyl (C=S) groups is 1. The van der Waals surface area contributed by atoms with Gasteiger partial charge in [0.05, 0.1) is 11.5 Å². The Morgan fingerprint density at radius 3 is 2.81 bits per heavy atom. The van der Waals surface area contributed by atoms with Gasteiger partial charge in [-0.15, -0.1) is 11.3 Å². The molecule has 1 heterocycles. The Hall–Kier alpha value is -2.12.